The topological polar surface area (TPSA) is 74.2 Å². The van der Waals surface area contributed by atoms with Gasteiger partial charge in [0.1, 0.15) is 5.75 Å². The summed E-state index contributed by atoms with van der Waals surface area (Å²) < 4.78 is 11.3. The van der Waals surface area contributed by atoms with Gasteiger partial charge in [-0.1, -0.05) is 18.2 Å². The molecule has 0 saturated carbocycles. The fourth-order valence-corrected chi connectivity index (χ4v) is 2.17. The van der Waals surface area contributed by atoms with E-state index in [4.69, 9.17) is 14.9 Å². The number of benzene rings is 1. The van der Waals surface area contributed by atoms with Crippen LogP contribution in [0.5, 0.6) is 5.75 Å². The van der Waals surface area contributed by atoms with E-state index in [0.29, 0.717) is 18.4 Å². The van der Waals surface area contributed by atoms with Crippen LogP contribution in [0.1, 0.15) is 42.6 Å². The fraction of sp³-hybridized carbons (Fsp3) is 0.385. The Labute approximate surface area is 105 Å². The van der Waals surface area contributed by atoms with Gasteiger partial charge < -0.3 is 14.9 Å². The van der Waals surface area contributed by atoms with Crippen molar-refractivity contribution in [3.8, 4) is 5.75 Å². The predicted octanol–water partition coefficient (Wildman–Crippen LogP) is 2.00. The quantitative estimate of drug-likeness (QED) is 0.876. The molecule has 0 radical (unpaired) electrons. The van der Waals surface area contributed by atoms with E-state index in [1.807, 2.05) is 31.2 Å². The van der Waals surface area contributed by atoms with Gasteiger partial charge in [-0.05, 0) is 19.4 Å². The Hall–Kier alpha value is -1.88. The van der Waals surface area contributed by atoms with Crippen molar-refractivity contribution in [3.63, 3.8) is 0 Å². The molecule has 5 nitrogen and oxygen atoms in total. The van der Waals surface area contributed by atoms with Crippen LogP contribution < -0.4 is 10.5 Å². The molecule has 18 heavy (non-hydrogen) atoms. The summed E-state index contributed by atoms with van der Waals surface area (Å²) in [5, 5.41) is 8.09. The maximum atomic E-state index is 5.73. The van der Waals surface area contributed by atoms with E-state index < -0.39 is 0 Å². The minimum absolute atomic E-state index is 0.106. The molecule has 0 aliphatic carbocycles. The first-order valence-corrected chi connectivity index (χ1v) is 6.06. The van der Waals surface area contributed by atoms with Crippen LogP contribution in [0.2, 0.25) is 0 Å². The third-order valence-electron chi connectivity index (χ3n) is 3.10. The number of fused-ring (bicyclic) bond motifs is 1. The van der Waals surface area contributed by atoms with E-state index in [0.717, 1.165) is 17.7 Å². The molecule has 2 unspecified atom stereocenters. The fourth-order valence-electron chi connectivity index (χ4n) is 2.17. The van der Waals surface area contributed by atoms with Crippen LogP contribution in [0.4, 0.5) is 0 Å². The van der Waals surface area contributed by atoms with Gasteiger partial charge in [-0.25, -0.2) is 0 Å². The summed E-state index contributed by atoms with van der Waals surface area (Å²) in [4.78, 5) is 0. The van der Waals surface area contributed by atoms with Gasteiger partial charge in [0.05, 0.1) is 18.6 Å². The molecule has 1 aromatic heterocycles. The van der Waals surface area contributed by atoms with Crippen LogP contribution >= 0.6 is 0 Å². The molecule has 94 valence electrons. The molecular formula is C13H15N3O2. The van der Waals surface area contributed by atoms with Gasteiger partial charge in [0.15, 0.2) is 0 Å². The van der Waals surface area contributed by atoms with E-state index in [2.05, 4.69) is 10.2 Å². The zero-order chi connectivity index (χ0) is 12.5. The van der Waals surface area contributed by atoms with Crippen molar-refractivity contribution in [1.82, 2.24) is 10.2 Å². The predicted molar refractivity (Wildman–Crippen MR) is 65.3 cm³/mol. The Kier molecular flexibility index (Phi) is 2.76. The SMILES string of the molecule is CC(N)c1nnc(C2CCOc3ccccc32)o1. The van der Waals surface area contributed by atoms with Gasteiger partial charge in [0, 0.05) is 5.56 Å². The zero-order valence-corrected chi connectivity index (χ0v) is 10.2. The van der Waals surface area contributed by atoms with Crippen molar-refractivity contribution < 1.29 is 9.15 Å². The number of nitrogens with zero attached hydrogens (tertiary/aromatic N) is 2. The average Bonchev–Trinajstić information content (AvgIpc) is 2.87. The molecule has 0 fully saturated rings. The van der Waals surface area contributed by atoms with Crippen molar-refractivity contribution in [2.75, 3.05) is 6.61 Å². The molecule has 0 saturated heterocycles. The minimum atomic E-state index is -0.235. The summed E-state index contributed by atoms with van der Waals surface area (Å²) in [5.41, 5.74) is 6.83. The number of aromatic nitrogens is 2. The van der Waals surface area contributed by atoms with Gasteiger partial charge in [-0.2, -0.15) is 0 Å². The third kappa shape index (κ3) is 1.86. The molecule has 1 aliphatic rings. The first-order valence-electron chi connectivity index (χ1n) is 6.06. The highest BCUT2D eigenvalue weighted by Crippen LogP contribution is 2.37. The average molecular weight is 245 g/mol. The molecule has 0 spiro atoms. The third-order valence-corrected chi connectivity index (χ3v) is 3.10. The van der Waals surface area contributed by atoms with Crippen molar-refractivity contribution in [1.29, 1.82) is 0 Å². The number of nitrogens with two attached hydrogens (primary N) is 1. The lowest BCUT2D eigenvalue weighted by Gasteiger charge is -2.23. The van der Waals surface area contributed by atoms with Gasteiger partial charge in [-0.15, -0.1) is 10.2 Å². The van der Waals surface area contributed by atoms with Gasteiger partial charge in [0.25, 0.3) is 0 Å². The van der Waals surface area contributed by atoms with Crippen LogP contribution in [0.3, 0.4) is 0 Å². The number of hydrogen-bond donors (Lipinski definition) is 1. The normalized spacial score (nSPS) is 20.0. The van der Waals surface area contributed by atoms with E-state index in [-0.39, 0.29) is 12.0 Å². The first-order chi connectivity index (χ1) is 8.75. The summed E-state index contributed by atoms with van der Waals surface area (Å²) in [5.74, 6) is 2.11. The van der Waals surface area contributed by atoms with Crippen molar-refractivity contribution in [2.45, 2.75) is 25.3 Å². The summed E-state index contributed by atoms with van der Waals surface area (Å²) in [6.07, 6.45) is 0.845. The second-order valence-corrected chi connectivity index (χ2v) is 4.49. The van der Waals surface area contributed by atoms with E-state index in [1.54, 1.807) is 0 Å². The van der Waals surface area contributed by atoms with E-state index in [9.17, 15) is 0 Å². The molecule has 0 bridgehead atoms. The lowest BCUT2D eigenvalue weighted by Crippen LogP contribution is -2.15. The second-order valence-electron chi connectivity index (χ2n) is 4.49. The number of rotatable bonds is 2. The Morgan fingerprint density at radius 3 is 2.94 bits per heavy atom. The summed E-state index contributed by atoms with van der Waals surface area (Å²) in [6, 6.07) is 7.71. The molecule has 2 N–H and O–H groups in total. The van der Waals surface area contributed by atoms with Crippen LogP contribution in [0, 0.1) is 0 Å². The maximum absolute atomic E-state index is 5.73. The first kappa shape index (κ1) is 11.2. The number of ether oxygens (including phenoxy) is 1. The van der Waals surface area contributed by atoms with E-state index >= 15 is 0 Å². The van der Waals surface area contributed by atoms with Crippen LogP contribution in [-0.2, 0) is 0 Å². The van der Waals surface area contributed by atoms with Gasteiger partial charge in [0.2, 0.25) is 11.8 Å². The highest BCUT2D eigenvalue weighted by Gasteiger charge is 2.27. The van der Waals surface area contributed by atoms with Crippen molar-refractivity contribution >= 4 is 0 Å². The minimum Gasteiger partial charge on any atom is -0.493 e. The molecule has 2 aromatic rings. The number of para-hydroxylation sites is 1. The van der Waals surface area contributed by atoms with Gasteiger partial charge >= 0.3 is 0 Å². The number of hydrogen-bond acceptors (Lipinski definition) is 5. The molecule has 2 heterocycles. The smallest absolute Gasteiger partial charge is 0.232 e. The molecular weight excluding hydrogens is 230 g/mol. The lowest BCUT2D eigenvalue weighted by molar-refractivity contribution is 0.263. The Morgan fingerprint density at radius 2 is 2.17 bits per heavy atom. The Morgan fingerprint density at radius 1 is 1.33 bits per heavy atom. The van der Waals surface area contributed by atoms with Crippen LogP contribution in [0.25, 0.3) is 0 Å². The lowest BCUT2D eigenvalue weighted by atomic mass is 9.93. The van der Waals surface area contributed by atoms with Crippen molar-refractivity contribution in [2.24, 2.45) is 5.73 Å². The highest BCUT2D eigenvalue weighted by atomic mass is 16.5. The highest BCUT2D eigenvalue weighted by molar-refractivity contribution is 5.40. The molecule has 5 heteroatoms. The Balaban J connectivity index is 1.97. The molecule has 1 aromatic carbocycles. The summed E-state index contributed by atoms with van der Waals surface area (Å²) in [6.45, 7) is 2.49. The van der Waals surface area contributed by atoms with Crippen LogP contribution in [0.15, 0.2) is 28.7 Å². The Bertz CT molecular complexity index is 551. The summed E-state index contributed by atoms with van der Waals surface area (Å²) in [7, 11) is 0. The second kappa shape index (κ2) is 4.42. The standard InChI is InChI=1S/C13H15N3O2/c1-8(14)12-15-16-13(18-12)10-6-7-17-11-5-3-2-4-9(10)11/h2-5,8,10H,6-7,14H2,1H3. The molecule has 2 atom stereocenters. The molecule has 0 amide bonds. The zero-order valence-electron chi connectivity index (χ0n) is 10.2. The molecule has 3 rings (SSSR count). The van der Waals surface area contributed by atoms with Gasteiger partial charge in [-0.3, -0.25) is 0 Å². The largest absolute Gasteiger partial charge is 0.493 e. The van der Waals surface area contributed by atoms with E-state index in [1.165, 1.54) is 0 Å². The monoisotopic (exact) mass is 245 g/mol. The molecule has 1 aliphatic heterocycles. The van der Waals surface area contributed by atoms with Crippen LogP contribution in [-0.4, -0.2) is 16.8 Å². The summed E-state index contributed by atoms with van der Waals surface area (Å²) >= 11 is 0. The maximum Gasteiger partial charge on any atom is 0.232 e. The van der Waals surface area contributed by atoms with Crippen molar-refractivity contribution in [3.05, 3.63) is 41.6 Å².